The number of aromatic nitrogens is 3. The summed E-state index contributed by atoms with van der Waals surface area (Å²) in [7, 11) is 1.63. The Balaban J connectivity index is 1.72. The van der Waals surface area contributed by atoms with Gasteiger partial charge in [0.05, 0.1) is 11.6 Å². The Morgan fingerprint density at radius 2 is 2.30 bits per heavy atom. The van der Waals surface area contributed by atoms with Crippen LogP contribution in [0.2, 0.25) is 0 Å². The zero-order valence-electron chi connectivity index (χ0n) is 12.4. The van der Waals surface area contributed by atoms with Gasteiger partial charge in [0.15, 0.2) is 11.5 Å². The van der Waals surface area contributed by atoms with Crippen LogP contribution in [0, 0.1) is 0 Å². The van der Waals surface area contributed by atoms with Gasteiger partial charge in [-0.15, -0.1) is 11.3 Å². The number of anilines is 1. The van der Waals surface area contributed by atoms with Crippen molar-refractivity contribution in [2.45, 2.75) is 13.2 Å². The van der Waals surface area contributed by atoms with E-state index in [1.165, 1.54) is 6.33 Å². The first kappa shape index (κ1) is 15.8. The lowest BCUT2D eigenvalue weighted by Gasteiger charge is -2.14. The van der Waals surface area contributed by atoms with Gasteiger partial charge in [-0.05, 0) is 45.1 Å². The van der Waals surface area contributed by atoms with Crippen LogP contribution < -0.4 is 14.8 Å². The third-order valence-corrected chi connectivity index (χ3v) is 4.54. The molecule has 0 aliphatic heterocycles. The molecule has 0 aliphatic carbocycles. The highest BCUT2D eigenvalue weighted by Crippen LogP contribution is 2.37. The van der Waals surface area contributed by atoms with Crippen molar-refractivity contribution in [2.75, 3.05) is 12.4 Å². The Morgan fingerprint density at radius 1 is 1.39 bits per heavy atom. The summed E-state index contributed by atoms with van der Waals surface area (Å²) in [5.74, 6) is 2.01. The lowest BCUT2D eigenvalue weighted by atomic mass is 10.2. The van der Waals surface area contributed by atoms with E-state index in [1.807, 2.05) is 29.6 Å². The second-order valence-electron chi connectivity index (χ2n) is 4.66. The van der Waals surface area contributed by atoms with Crippen LogP contribution >= 0.6 is 27.3 Å². The number of thiophene rings is 1. The lowest BCUT2D eigenvalue weighted by Crippen LogP contribution is -2.03. The lowest BCUT2D eigenvalue weighted by molar-refractivity contribution is 0.285. The Kier molecular flexibility index (Phi) is 5.14. The summed E-state index contributed by atoms with van der Waals surface area (Å²) < 4.78 is 12.2. The number of H-pyrrole nitrogens is 1. The third-order valence-electron chi connectivity index (χ3n) is 3.10. The molecule has 0 saturated heterocycles. The summed E-state index contributed by atoms with van der Waals surface area (Å²) in [6.07, 6.45) is 1.46. The molecule has 3 rings (SSSR count). The van der Waals surface area contributed by atoms with Gasteiger partial charge in [0.1, 0.15) is 12.9 Å². The molecule has 2 N–H and O–H groups in total. The second kappa shape index (κ2) is 7.47. The molecule has 3 aromatic rings. The molecule has 0 radical (unpaired) electrons. The first-order chi connectivity index (χ1) is 11.3. The van der Waals surface area contributed by atoms with Crippen molar-refractivity contribution < 1.29 is 9.47 Å². The maximum Gasteiger partial charge on any atom is 0.218 e. The molecule has 120 valence electrons. The Hall–Kier alpha value is -2.06. The van der Waals surface area contributed by atoms with Crippen LogP contribution in [-0.4, -0.2) is 22.3 Å². The van der Waals surface area contributed by atoms with Crippen molar-refractivity contribution in [3.63, 3.8) is 0 Å². The van der Waals surface area contributed by atoms with Gasteiger partial charge in [-0.3, -0.25) is 0 Å². The van der Waals surface area contributed by atoms with Crippen LogP contribution in [0.5, 0.6) is 11.5 Å². The molecule has 2 aromatic heterocycles. The van der Waals surface area contributed by atoms with E-state index >= 15 is 0 Å². The number of ether oxygens (including phenoxy) is 2. The minimum absolute atomic E-state index is 0.516. The highest BCUT2D eigenvalue weighted by atomic mass is 79.9. The number of nitrogens with zero attached hydrogens (tertiary/aromatic N) is 2. The average Bonchev–Trinajstić information content (AvgIpc) is 3.24. The highest BCUT2D eigenvalue weighted by Gasteiger charge is 2.12. The van der Waals surface area contributed by atoms with Crippen LogP contribution in [0.4, 0.5) is 5.95 Å². The zero-order chi connectivity index (χ0) is 16.1. The summed E-state index contributed by atoms with van der Waals surface area (Å²) in [5.41, 5.74) is 1.04. The van der Waals surface area contributed by atoms with Crippen molar-refractivity contribution in [2.24, 2.45) is 0 Å². The number of benzene rings is 1. The van der Waals surface area contributed by atoms with Crippen molar-refractivity contribution in [3.8, 4) is 11.5 Å². The molecule has 23 heavy (non-hydrogen) atoms. The number of hydrogen-bond donors (Lipinski definition) is 2. The van der Waals surface area contributed by atoms with E-state index in [1.54, 1.807) is 18.4 Å². The van der Waals surface area contributed by atoms with Crippen LogP contribution in [0.3, 0.4) is 0 Å². The van der Waals surface area contributed by atoms with Gasteiger partial charge in [0.25, 0.3) is 0 Å². The maximum absolute atomic E-state index is 5.90. The fourth-order valence-electron chi connectivity index (χ4n) is 2.03. The molecule has 0 atom stereocenters. The second-order valence-corrected chi connectivity index (χ2v) is 6.55. The van der Waals surface area contributed by atoms with E-state index in [-0.39, 0.29) is 0 Å². The molecule has 0 fully saturated rings. The monoisotopic (exact) mass is 394 g/mol. The molecular weight excluding hydrogens is 380 g/mol. The molecule has 6 nitrogen and oxygen atoms in total. The molecule has 0 amide bonds. The van der Waals surface area contributed by atoms with E-state index in [4.69, 9.17) is 9.47 Å². The van der Waals surface area contributed by atoms with Crippen molar-refractivity contribution >= 4 is 33.2 Å². The third kappa shape index (κ3) is 4.02. The van der Waals surface area contributed by atoms with Gasteiger partial charge in [-0.25, -0.2) is 10.1 Å². The molecule has 0 saturated carbocycles. The fraction of sp³-hybridized carbons (Fsp3) is 0.200. The Bertz CT molecular complexity index is 747. The van der Waals surface area contributed by atoms with E-state index in [0.29, 0.717) is 30.6 Å². The minimum Gasteiger partial charge on any atom is -0.493 e. The molecule has 0 bridgehead atoms. The number of nitrogens with one attached hydrogen (secondary N) is 2. The van der Waals surface area contributed by atoms with E-state index < -0.39 is 0 Å². The van der Waals surface area contributed by atoms with E-state index in [2.05, 4.69) is 36.4 Å². The highest BCUT2D eigenvalue weighted by molar-refractivity contribution is 9.10. The number of methoxy groups -OCH3 is 1. The van der Waals surface area contributed by atoms with Crippen LogP contribution in [0.1, 0.15) is 10.4 Å². The smallest absolute Gasteiger partial charge is 0.218 e. The Morgan fingerprint density at radius 3 is 3.00 bits per heavy atom. The summed E-state index contributed by atoms with van der Waals surface area (Å²) in [6, 6.07) is 7.99. The van der Waals surface area contributed by atoms with Crippen LogP contribution in [0.15, 0.2) is 40.4 Å². The SMILES string of the molecule is COc1cc(CNc2ncn[nH]2)cc(Br)c1OCc1cccs1. The van der Waals surface area contributed by atoms with Gasteiger partial charge in [-0.2, -0.15) is 5.10 Å². The summed E-state index contributed by atoms with van der Waals surface area (Å²) in [6.45, 7) is 1.11. The normalized spacial score (nSPS) is 10.5. The zero-order valence-corrected chi connectivity index (χ0v) is 14.8. The van der Waals surface area contributed by atoms with Crippen molar-refractivity contribution in [3.05, 3.63) is 50.9 Å². The summed E-state index contributed by atoms with van der Waals surface area (Å²) in [5, 5.41) is 11.7. The summed E-state index contributed by atoms with van der Waals surface area (Å²) in [4.78, 5) is 5.19. The van der Waals surface area contributed by atoms with Gasteiger partial charge in [0, 0.05) is 11.4 Å². The molecule has 0 unspecified atom stereocenters. The van der Waals surface area contributed by atoms with Crippen molar-refractivity contribution in [1.29, 1.82) is 0 Å². The molecule has 1 aromatic carbocycles. The number of aromatic amines is 1. The first-order valence-corrected chi connectivity index (χ1v) is 8.54. The predicted molar refractivity (Wildman–Crippen MR) is 93.1 cm³/mol. The molecular formula is C15H15BrN4O2S. The maximum atomic E-state index is 5.90. The number of hydrogen-bond acceptors (Lipinski definition) is 6. The van der Waals surface area contributed by atoms with Gasteiger partial charge in [-0.1, -0.05) is 6.07 Å². The fourth-order valence-corrected chi connectivity index (χ4v) is 3.25. The van der Waals surface area contributed by atoms with Crippen molar-refractivity contribution in [1.82, 2.24) is 15.2 Å². The molecule has 0 aliphatic rings. The molecule has 8 heteroatoms. The number of halogens is 1. The Labute approximate surface area is 146 Å². The van der Waals surface area contributed by atoms with Gasteiger partial charge < -0.3 is 14.8 Å². The molecule has 0 spiro atoms. The molecule has 2 heterocycles. The van der Waals surface area contributed by atoms with E-state index in [0.717, 1.165) is 14.9 Å². The van der Waals surface area contributed by atoms with E-state index in [9.17, 15) is 0 Å². The summed E-state index contributed by atoms with van der Waals surface area (Å²) >= 11 is 5.22. The van der Waals surface area contributed by atoms with Gasteiger partial charge >= 0.3 is 0 Å². The predicted octanol–water partition coefficient (Wildman–Crippen LogP) is 3.83. The standard InChI is InChI=1S/C15H15BrN4O2S/c1-21-13-6-10(7-17-15-18-9-19-20-15)5-12(16)14(13)22-8-11-3-2-4-23-11/h2-6,9H,7-8H2,1H3,(H2,17,18,19,20). The van der Waals surface area contributed by atoms with Gasteiger partial charge in [0.2, 0.25) is 5.95 Å². The number of rotatable bonds is 7. The topological polar surface area (TPSA) is 72.1 Å². The minimum atomic E-state index is 0.516. The first-order valence-electron chi connectivity index (χ1n) is 6.87. The van der Waals surface area contributed by atoms with Crippen LogP contribution in [0.25, 0.3) is 0 Å². The average molecular weight is 395 g/mol. The quantitative estimate of drug-likeness (QED) is 0.636. The van der Waals surface area contributed by atoms with Crippen LogP contribution in [-0.2, 0) is 13.2 Å². The largest absolute Gasteiger partial charge is 0.493 e.